The summed E-state index contributed by atoms with van der Waals surface area (Å²) >= 11 is 0. The summed E-state index contributed by atoms with van der Waals surface area (Å²) in [5.74, 6) is 0.512. The van der Waals surface area contributed by atoms with E-state index in [9.17, 15) is 18.0 Å². The highest BCUT2D eigenvalue weighted by Crippen LogP contribution is 2.32. The summed E-state index contributed by atoms with van der Waals surface area (Å²) in [5.41, 5.74) is 0.677. The van der Waals surface area contributed by atoms with Gasteiger partial charge >= 0.3 is 0 Å². The standard InChI is InChI=1S/C22H25N3O6S/c1-24(15-21(26)25-10-2-3-11-25)22(27)16-4-6-17(7-5-16)23-32(28,29)18-8-9-19-20(14-18)31-13-12-30-19/h4-9,14,23H,2-3,10-13,15H2,1H3. The fourth-order valence-electron chi connectivity index (χ4n) is 3.65. The van der Waals surface area contributed by atoms with E-state index in [0.717, 1.165) is 25.9 Å². The summed E-state index contributed by atoms with van der Waals surface area (Å²) in [6, 6.07) is 10.5. The van der Waals surface area contributed by atoms with Crippen LogP contribution in [0.4, 0.5) is 5.69 Å². The molecule has 2 aromatic carbocycles. The molecule has 0 unspecified atom stereocenters. The minimum atomic E-state index is -3.85. The first kappa shape index (κ1) is 21.9. The second-order valence-corrected chi connectivity index (χ2v) is 9.42. The monoisotopic (exact) mass is 459 g/mol. The molecule has 170 valence electrons. The number of hydrogen-bond donors (Lipinski definition) is 1. The van der Waals surface area contributed by atoms with Gasteiger partial charge in [-0.25, -0.2) is 8.42 Å². The van der Waals surface area contributed by atoms with Crippen molar-refractivity contribution in [1.29, 1.82) is 0 Å². The van der Waals surface area contributed by atoms with Gasteiger partial charge in [0.2, 0.25) is 5.91 Å². The minimum Gasteiger partial charge on any atom is -0.486 e. The van der Waals surface area contributed by atoms with Gasteiger partial charge in [0, 0.05) is 37.5 Å². The number of hydrogen-bond acceptors (Lipinski definition) is 6. The van der Waals surface area contributed by atoms with Crippen molar-refractivity contribution in [1.82, 2.24) is 9.80 Å². The topological polar surface area (TPSA) is 105 Å². The molecule has 4 rings (SSSR count). The Morgan fingerprint density at radius 2 is 1.66 bits per heavy atom. The third-order valence-corrected chi connectivity index (χ3v) is 6.76. The molecule has 32 heavy (non-hydrogen) atoms. The highest BCUT2D eigenvalue weighted by molar-refractivity contribution is 7.92. The largest absolute Gasteiger partial charge is 0.486 e. The molecule has 2 aliphatic heterocycles. The number of carbonyl (C=O) groups excluding carboxylic acids is 2. The predicted octanol–water partition coefficient (Wildman–Crippen LogP) is 1.95. The fourth-order valence-corrected chi connectivity index (χ4v) is 4.72. The lowest BCUT2D eigenvalue weighted by atomic mass is 10.2. The number of nitrogens with one attached hydrogen (secondary N) is 1. The number of sulfonamides is 1. The number of benzene rings is 2. The van der Waals surface area contributed by atoms with Crippen LogP contribution in [0.5, 0.6) is 11.5 Å². The van der Waals surface area contributed by atoms with Gasteiger partial charge in [0.1, 0.15) is 13.2 Å². The van der Waals surface area contributed by atoms with Crippen molar-refractivity contribution in [3.8, 4) is 11.5 Å². The molecule has 1 fully saturated rings. The van der Waals surface area contributed by atoms with Crippen molar-refractivity contribution >= 4 is 27.5 Å². The summed E-state index contributed by atoms with van der Waals surface area (Å²) in [4.78, 5) is 28.1. The third-order valence-electron chi connectivity index (χ3n) is 5.39. The quantitative estimate of drug-likeness (QED) is 0.708. The molecule has 1 saturated heterocycles. The Labute approximate surface area is 187 Å². The van der Waals surface area contributed by atoms with Crippen LogP contribution in [0.3, 0.4) is 0 Å². The van der Waals surface area contributed by atoms with Crippen molar-refractivity contribution in [2.75, 3.05) is 44.6 Å². The average molecular weight is 460 g/mol. The molecular formula is C22H25N3O6S. The zero-order valence-electron chi connectivity index (χ0n) is 17.7. The van der Waals surface area contributed by atoms with Crippen LogP contribution in [0.2, 0.25) is 0 Å². The van der Waals surface area contributed by atoms with Crippen molar-refractivity contribution in [2.45, 2.75) is 17.7 Å². The van der Waals surface area contributed by atoms with Crippen LogP contribution in [0, 0.1) is 0 Å². The van der Waals surface area contributed by atoms with E-state index in [1.807, 2.05) is 0 Å². The van der Waals surface area contributed by atoms with Gasteiger partial charge in [0.05, 0.1) is 11.4 Å². The Hall–Kier alpha value is -3.27. The lowest BCUT2D eigenvalue weighted by molar-refractivity contribution is -0.130. The van der Waals surface area contributed by atoms with Gasteiger partial charge in [0.25, 0.3) is 15.9 Å². The molecule has 1 N–H and O–H groups in total. The fraction of sp³-hybridized carbons (Fsp3) is 0.364. The predicted molar refractivity (Wildman–Crippen MR) is 117 cm³/mol. The molecule has 0 saturated carbocycles. The van der Waals surface area contributed by atoms with Crippen LogP contribution in [-0.2, 0) is 14.8 Å². The number of fused-ring (bicyclic) bond motifs is 1. The maximum Gasteiger partial charge on any atom is 0.262 e. The number of nitrogens with zero attached hydrogens (tertiary/aromatic N) is 2. The molecular weight excluding hydrogens is 434 g/mol. The Kier molecular flexibility index (Phi) is 6.22. The Balaban J connectivity index is 1.40. The zero-order valence-corrected chi connectivity index (χ0v) is 18.6. The van der Waals surface area contributed by atoms with Gasteiger partial charge in [-0.05, 0) is 49.2 Å². The smallest absolute Gasteiger partial charge is 0.262 e. The Morgan fingerprint density at radius 3 is 2.34 bits per heavy atom. The van der Waals surface area contributed by atoms with Crippen molar-refractivity contribution in [3.05, 3.63) is 48.0 Å². The van der Waals surface area contributed by atoms with Crippen molar-refractivity contribution < 1.29 is 27.5 Å². The van der Waals surface area contributed by atoms with Crippen LogP contribution < -0.4 is 14.2 Å². The number of rotatable bonds is 6. The average Bonchev–Trinajstić information content (AvgIpc) is 3.34. The Bertz CT molecular complexity index is 1110. The number of anilines is 1. The van der Waals surface area contributed by atoms with Gasteiger partial charge in [0.15, 0.2) is 11.5 Å². The summed E-state index contributed by atoms with van der Waals surface area (Å²) in [5, 5.41) is 0. The zero-order chi connectivity index (χ0) is 22.7. The van der Waals surface area contributed by atoms with Crippen LogP contribution in [-0.4, -0.2) is 69.9 Å². The van der Waals surface area contributed by atoms with Gasteiger partial charge in [-0.15, -0.1) is 0 Å². The SMILES string of the molecule is CN(CC(=O)N1CCCC1)C(=O)c1ccc(NS(=O)(=O)c2ccc3c(c2)OCCO3)cc1. The Morgan fingerprint density at radius 1 is 1.00 bits per heavy atom. The number of ether oxygens (including phenoxy) is 2. The number of likely N-dealkylation sites (tertiary alicyclic amines) is 1. The first-order chi connectivity index (χ1) is 15.3. The first-order valence-corrected chi connectivity index (χ1v) is 11.9. The molecule has 0 radical (unpaired) electrons. The van der Waals surface area contributed by atoms with Crippen LogP contribution in [0.25, 0.3) is 0 Å². The van der Waals surface area contributed by atoms with E-state index in [2.05, 4.69) is 4.72 Å². The summed E-state index contributed by atoms with van der Waals surface area (Å²) in [6.45, 7) is 2.26. The van der Waals surface area contributed by atoms with E-state index < -0.39 is 10.0 Å². The van der Waals surface area contributed by atoms with Crippen molar-refractivity contribution in [3.63, 3.8) is 0 Å². The molecule has 2 heterocycles. The molecule has 2 aliphatic rings. The second-order valence-electron chi connectivity index (χ2n) is 7.74. The highest BCUT2D eigenvalue weighted by Gasteiger charge is 2.22. The molecule has 0 aromatic heterocycles. The lowest BCUT2D eigenvalue weighted by Gasteiger charge is -2.21. The van der Waals surface area contributed by atoms with Crippen LogP contribution >= 0.6 is 0 Å². The normalized spacial score (nSPS) is 15.3. The van der Waals surface area contributed by atoms with E-state index in [4.69, 9.17) is 9.47 Å². The van der Waals surface area contributed by atoms with E-state index in [-0.39, 0.29) is 23.3 Å². The van der Waals surface area contributed by atoms with Gasteiger partial charge < -0.3 is 19.3 Å². The summed E-state index contributed by atoms with van der Waals surface area (Å²) in [6.07, 6.45) is 1.99. The number of carbonyl (C=O) groups is 2. The van der Waals surface area contributed by atoms with Gasteiger partial charge in [-0.1, -0.05) is 0 Å². The molecule has 0 aliphatic carbocycles. The lowest BCUT2D eigenvalue weighted by Crippen LogP contribution is -2.39. The van der Waals surface area contributed by atoms with Crippen LogP contribution in [0.1, 0.15) is 23.2 Å². The summed E-state index contributed by atoms with van der Waals surface area (Å²) in [7, 11) is -2.27. The molecule has 0 atom stereocenters. The van der Waals surface area contributed by atoms with E-state index in [0.29, 0.717) is 36.0 Å². The second kappa shape index (κ2) is 9.07. The maximum atomic E-state index is 12.7. The molecule has 2 amide bonds. The van der Waals surface area contributed by atoms with E-state index in [1.54, 1.807) is 18.0 Å². The molecule has 0 bridgehead atoms. The number of likely N-dealkylation sites (N-methyl/N-ethyl adjacent to an activating group) is 1. The van der Waals surface area contributed by atoms with E-state index in [1.165, 1.54) is 41.3 Å². The molecule has 10 heteroatoms. The van der Waals surface area contributed by atoms with Gasteiger partial charge in [-0.3, -0.25) is 14.3 Å². The third kappa shape index (κ3) is 4.80. The molecule has 9 nitrogen and oxygen atoms in total. The van der Waals surface area contributed by atoms with E-state index >= 15 is 0 Å². The van der Waals surface area contributed by atoms with Gasteiger partial charge in [-0.2, -0.15) is 0 Å². The number of amides is 2. The van der Waals surface area contributed by atoms with Crippen molar-refractivity contribution in [2.24, 2.45) is 0 Å². The maximum absolute atomic E-state index is 12.7. The highest BCUT2D eigenvalue weighted by atomic mass is 32.2. The molecule has 2 aromatic rings. The summed E-state index contributed by atoms with van der Waals surface area (Å²) < 4.78 is 38.8. The molecule has 0 spiro atoms. The minimum absolute atomic E-state index is 0.0112. The first-order valence-electron chi connectivity index (χ1n) is 10.4. The van der Waals surface area contributed by atoms with Crippen LogP contribution in [0.15, 0.2) is 47.4 Å².